The fourth-order valence-electron chi connectivity index (χ4n) is 3.99. The number of likely N-dealkylation sites (tertiary alicyclic amines) is 1. The van der Waals surface area contributed by atoms with E-state index in [1.807, 2.05) is 17.9 Å². The minimum atomic E-state index is -0.0365. The van der Waals surface area contributed by atoms with Crippen LogP contribution in [0.25, 0.3) is 22.0 Å². The van der Waals surface area contributed by atoms with E-state index in [9.17, 15) is 9.90 Å². The van der Waals surface area contributed by atoms with E-state index in [0.29, 0.717) is 26.6 Å². The summed E-state index contributed by atoms with van der Waals surface area (Å²) in [7, 11) is 0. The van der Waals surface area contributed by atoms with Crippen LogP contribution in [0.5, 0.6) is 5.88 Å². The minimum absolute atomic E-state index is 0.0139. The van der Waals surface area contributed by atoms with E-state index in [1.165, 1.54) is 0 Å². The van der Waals surface area contributed by atoms with Crippen molar-refractivity contribution in [3.63, 3.8) is 0 Å². The molecule has 1 saturated heterocycles. The number of carbonyl (C=O) groups is 1. The number of aromatic nitrogens is 2. The number of carbonyl (C=O) groups excluding carboxylic acids is 1. The van der Waals surface area contributed by atoms with Crippen LogP contribution < -0.4 is 5.73 Å². The second-order valence-corrected chi connectivity index (χ2v) is 8.15. The van der Waals surface area contributed by atoms with Gasteiger partial charge in [-0.1, -0.05) is 29.3 Å². The van der Waals surface area contributed by atoms with Crippen LogP contribution in [0.2, 0.25) is 10.0 Å². The van der Waals surface area contributed by atoms with E-state index in [-0.39, 0.29) is 24.9 Å². The van der Waals surface area contributed by atoms with Gasteiger partial charge >= 0.3 is 0 Å². The Labute approximate surface area is 178 Å². The van der Waals surface area contributed by atoms with E-state index >= 15 is 0 Å². The Morgan fingerprint density at radius 1 is 1.28 bits per heavy atom. The van der Waals surface area contributed by atoms with Gasteiger partial charge in [-0.25, -0.2) is 4.98 Å². The first-order valence-corrected chi connectivity index (χ1v) is 10.3. The van der Waals surface area contributed by atoms with Crippen LogP contribution in [0.1, 0.15) is 24.1 Å². The number of hydrogen-bond acceptors (Lipinski definition) is 4. The molecule has 1 amide bonds. The number of aryl methyl sites for hydroxylation is 1. The number of fused-ring (bicyclic) bond motifs is 1. The molecular weight excluding hydrogens is 411 g/mol. The highest BCUT2D eigenvalue weighted by atomic mass is 35.5. The van der Waals surface area contributed by atoms with Gasteiger partial charge in [-0.3, -0.25) is 4.79 Å². The largest absolute Gasteiger partial charge is 0.493 e. The number of hydrogen-bond donors (Lipinski definition) is 2. The van der Waals surface area contributed by atoms with E-state index < -0.39 is 0 Å². The zero-order chi connectivity index (χ0) is 20.7. The molecule has 1 fully saturated rings. The number of amides is 1. The Kier molecular flexibility index (Phi) is 5.42. The number of pyridine rings is 1. The molecule has 152 valence electrons. The molecule has 1 aliphatic heterocycles. The van der Waals surface area contributed by atoms with Crippen molar-refractivity contribution >= 4 is 40.0 Å². The number of rotatable bonds is 4. The molecule has 8 heteroatoms. The normalized spacial score (nSPS) is 14.1. The number of nitrogens with two attached hydrogens (primary N) is 1. The van der Waals surface area contributed by atoms with Crippen molar-refractivity contribution in [3.8, 4) is 17.0 Å². The lowest BCUT2D eigenvalue weighted by Crippen LogP contribution is -2.30. The van der Waals surface area contributed by atoms with E-state index in [0.717, 1.165) is 42.6 Å². The Morgan fingerprint density at radius 3 is 2.66 bits per heavy atom. The molecule has 0 bridgehead atoms. The quantitative estimate of drug-likeness (QED) is 0.649. The third-order valence-electron chi connectivity index (χ3n) is 5.48. The zero-order valence-electron chi connectivity index (χ0n) is 16.1. The van der Waals surface area contributed by atoms with Crippen LogP contribution in [0.15, 0.2) is 24.4 Å². The molecule has 2 aromatic heterocycles. The van der Waals surface area contributed by atoms with Crippen LogP contribution in [-0.4, -0.2) is 38.6 Å². The average Bonchev–Trinajstić information content (AvgIpc) is 3.31. The molecule has 0 saturated carbocycles. The van der Waals surface area contributed by atoms with Crippen LogP contribution in [0.4, 0.5) is 0 Å². The van der Waals surface area contributed by atoms with E-state index in [4.69, 9.17) is 28.9 Å². The molecule has 1 aromatic carbocycles. The van der Waals surface area contributed by atoms with Gasteiger partial charge in [0, 0.05) is 58.1 Å². The van der Waals surface area contributed by atoms with Crippen LogP contribution in [0.3, 0.4) is 0 Å². The highest BCUT2D eigenvalue weighted by molar-refractivity contribution is 6.36. The van der Waals surface area contributed by atoms with Crippen molar-refractivity contribution in [3.05, 3.63) is 45.7 Å². The van der Waals surface area contributed by atoms with Gasteiger partial charge < -0.3 is 20.3 Å². The number of aromatic hydroxyl groups is 1. The summed E-state index contributed by atoms with van der Waals surface area (Å²) < 4.78 is 1.55. The smallest absolute Gasteiger partial charge is 0.242 e. The van der Waals surface area contributed by atoms with Crippen LogP contribution in [-0.2, 0) is 17.9 Å². The van der Waals surface area contributed by atoms with Crippen LogP contribution >= 0.6 is 23.2 Å². The Balaban J connectivity index is 1.88. The summed E-state index contributed by atoms with van der Waals surface area (Å²) in [6.45, 7) is 3.71. The number of benzene rings is 1. The second-order valence-electron chi connectivity index (χ2n) is 7.31. The van der Waals surface area contributed by atoms with Gasteiger partial charge in [0.05, 0.1) is 0 Å². The summed E-state index contributed by atoms with van der Waals surface area (Å²) in [6.07, 6.45) is 3.79. The summed E-state index contributed by atoms with van der Waals surface area (Å²) >= 11 is 12.6. The molecule has 3 aromatic rings. The SMILES string of the molecule is Cc1nc2c(O)n(CC(=O)N3CCCC3)cc2c(-c2ccc(Cl)cc2Cl)c1CN. The van der Waals surface area contributed by atoms with Crippen molar-refractivity contribution in [2.45, 2.75) is 32.9 Å². The molecule has 3 heterocycles. The maximum atomic E-state index is 12.6. The molecule has 0 radical (unpaired) electrons. The molecule has 3 N–H and O–H groups in total. The summed E-state index contributed by atoms with van der Waals surface area (Å²) in [6, 6.07) is 5.27. The first-order chi connectivity index (χ1) is 13.9. The lowest BCUT2D eigenvalue weighted by molar-refractivity contribution is -0.130. The molecular formula is C21H22Cl2N4O2. The third kappa shape index (κ3) is 3.56. The van der Waals surface area contributed by atoms with Crippen molar-refractivity contribution < 1.29 is 9.90 Å². The van der Waals surface area contributed by atoms with Gasteiger partial charge in [-0.2, -0.15) is 0 Å². The van der Waals surface area contributed by atoms with Gasteiger partial charge in [0.15, 0.2) is 0 Å². The van der Waals surface area contributed by atoms with Gasteiger partial charge in [0.2, 0.25) is 11.8 Å². The number of nitrogens with zero attached hydrogens (tertiary/aromatic N) is 3. The number of halogens is 2. The monoisotopic (exact) mass is 432 g/mol. The van der Waals surface area contributed by atoms with Gasteiger partial charge in [0.25, 0.3) is 0 Å². The minimum Gasteiger partial charge on any atom is -0.493 e. The maximum Gasteiger partial charge on any atom is 0.242 e. The van der Waals surface area contributed by atoms with Crippen molar-refractivity contribution in [2.24, 2.45) is 5.73 Å². The Hall–Kier alpha value is -2.28. The predicted molar refractivity (Wildman–Crippen MR) is 115 cm³/mol. The molecule has 0 aliphatic carbocycles. The fourth-order valence-corrected chi connectivity index (χ4v) is 4.49. The summed E-state index contributed by atoms with van der Waals surface area (Å²) in [4.78, 5) is 19.0. The van der Waals surface area contributed by atoms with Crippen molar-refractivity contribution in [1.29, 1.82) is 0 Å². The predicted octanol–water partition coefficient (Wildman–Crippen LogP) is 4.11. The highest BCUT2D eigenvalue weighted by Gasteiger charge is 2.23. The third-order valence-corrected chi connectivity index (χ3v) is 6.03. The van der Waals surface area contributed by atoms with Gasteiger partial charge in [-0.05, 0) is 37.5 Å². The second kappa shape index (κ2) is 7.86. The highest BCUT2D eigenvalue weighted by Crippen LogP contribution is 2.40. The molecule has 0 atom stereocenters. The molecule has 6 nitrogen and oxygen atoms in total. The summed E-state index contributed by atoms with van der Waals surface area (Å²) in [5.74, 6) is -0.0505. The lowest BCUT2D eigenvalue weighted by Gasteiger charge is -2.15. The van der Waals surface area contributed by atoms with Crippen molar-refractivity contribution in [1.82, 2.24) is 14.5 Å². The Morgan fingerprint density at radius 2 is 2.00 bits per heavy atom. The molecule has 0 spiro atoms. The van der Waals surface area contributed by atoms with Crippen molar-refractivity contribution in [2.75, 3.05) is 13.1 Å². The first kappa shape index (κ1) is 20.0. The van der Waals surface area contributed by atoms with Gasteiger partial charge in [0.1, 0.15) is 12.1 Å². The van der Waals surface area contributed by atoms with E-state index in [1.54, 1.807) is 22.9 Å². The topological polar surface area (TPSA) is 84.4 Å². The summed E-state index contributed by atoms with van der Waals surface area (Å²) in [5.41, 5.74) is 9.56. The van der Waals surface area contributed by atoms with Gasteiger partial charge in [-0.15, -0.1) is 0 Å². The molecule has 4 rings (SSSR count). The standard InChI is InChI=1S/C21H22Cl2N4O2/c1-12-15(9-24)19(14-5-4-13(22)8-17(14)23)16-10-27(21(29)20(16)25-12)11-18(28)26-6-2-3-7-26/h4-5,8,10,29H,2-3,6-7,9,11,24H2,1H3. The fraction of sp³-hybridized carbons (Fsp3) is 0.333. The lowest BCUT2D eigenvalue weighted by atomic mass is 9.96. The maximum absolute atomic E-state index is 12.6. The average molecular weight is 433 g/mol. The van der Waals surface area contributed by atoms with Crippen LogP contribution in [0, 0.1) is 6.92 Å². The zero-order valence-corrected chi connectivity index (χ0v) is 17.6. The summed E-state index contributed by atoms with van der Waals surface area (Å²) in [5, 5.41) is 12.5. The molecule has 1 aliphatic rings. The Bertz CT molecular complexity index is 1100. The first-order valence-electron chi connectivity index (χ1n) is 9.55. The molecule has 0 unspecified atom stereocenters. The van der Waals surface area contributed by atoms with E-state index in [2.05, 4.69) is 4.98 Å². The molecule has 29 heavy (non-hydrogen) atoms.